The fourth-order valence-electron chi connectivity index (χ4n) is 3.33. The Kier molecular flexibility index (Phi) is 7.49. The van der Waals surface area contributed by atoms with Crippen LogP contribution in [0.3, 0.4) is 0 Å². The Labute approximate surface area is 191 Å². The van der Waals surface area contributed by atoms with Gasteiger partial charge in [0.25, 0.3) is 0 Å². The van der Waals surface area contributed by atoms with Crippen molar-refractivity contribution in [3.8, 4) is 11.5 Å². The van der Waals surface area contributed by atoms with E-state index < -0.39 is 46.6 Å². The number of hydrogen-bond acceptors (Lipinski definition) is 9. The van der Waals surface area contributed by atoms with Crippen molar-refractivity contribution >= 4 is 23.5 Å². The molecule has 9 heteroatoms. The fourth-order valence-corrected chi connectivity index (χ4v) is 3.33. The summed E-state index contributed by atoms with van der Waals surface area (Å²) in [5.41, 5.74) is -2.84. The molecule has 1 unspecified atom stereocenters. The molecule has 0 saturated heterocycles. The number of aliphatic hydroxyl groups is 1. The number of esters is 2. The van der Waals surface area contributed by atoms with Crippen LogP contribution in [0.15, 0.2) is 30.4 Å². The molecule has 0 amide bonds. The summed E-state index contributed by atoms with van der Waals surface area (Å²) in [6.07, 6.45) is 3.23. The zero-order valence-electron chi connectivity index (χ0n) is 19.4. The lowest BCUT2D eigenvalue weighted by Crippen LogP contribution is -2.31. The van der Waals surface area contributed by atoms with Crippen LogP contribution in [0, 0.1) is 0 Å². The predicted octanol–water partition coefficient (Wildman–Crippen LogP) is 2.98. The molecule has 1 aliphatic carbocycles. The molecule has 1 aromatic rings. The van der Waals surface area contributed by atoms with Crippen LogP contribution in [-0.4, -0.2) is 52.0 Å². The highest BCUT2D eigenvalue weighted by Crippen LogP contribution is 2.41. The van der Waals surface area contributed by atoms with E-state index in [0.29, 0.717) is 0 Å². The topological polar surface area (TPSA) is 136 Å². The van der Waals surface area contributed by atoms with Crippen molar-refractivity contribution < 1.29 is 43.6 Å². The van der Waals surface area contributed by atoms with Crippen LogP contribution >= 0.6 is 0 Å². The van der Waals surface area contributed by atoms with Gasteiger partial charge in [-0.2, -0.15) is 0 Å². The molecule has 1 atom stereocenters. The second kappa shape index (κ2) is 9.58. The van der Waals surface area contributed by atoms with E-state index in [9.17, 15) is 29.4 Å². The molecule has 2 rings (SSSR count). The zero-order valence-corrected chi connectivity index (χ0v) is 19.4. The molecule has 0 spiro atoms. The minimum atomic E-state index is -1.29. The van der Waals surface area contributed by atoms with E-state index in [-0.39, 0.29) is 28.9 Å². The molecule has 0 aliphatic heterocycles. The highest BCUT2D eigenvalue weighted by atomic mass is 16.6. The summed E-state index contributed by atoms with van der Waals surface area (Å²) in [4.78, 5) is 48.7. The Morgan fingerprint density at radius 1 is 1.09 bits per heavy atom. The third-order valence-corrected chi connectivity index (χ3v) is 4.63. The molecule has 0 heterocycles. The minimum absolute atomic E-state index is 0.0125. The van der Waals surface area contributed by atoms with E-state index in [1.165, 1.54) is 59.9 Å². The van der Waals surface area contributed by atoms with E-state index >= 15 is 0 Å². The first kappa shape index (κ1) is 25.8. The van der Waals surface area contributed by atoms with Gasteiger partial charge >= 0.3 is 11.9 Å². The number of ether oxygens (including phenoxy) is 3. The molecule has 33 heavy (non-hydrogen) atoms. The summed E-state index contributed by atoms with van der Waals surface area (Å²) in [7, 11) is 1.29. The molecular weight excluding hydrogens is 432 g/mol. The van der Waals surface area contributed by atoms with Crippen LogP contribution in [0.25, 0.3) is 0 Å². The monoisotopic (exact) mass is 460 g/mol. The second-order valence-corrected chi connectivity index (χ2v) is 8.78. The summed E-state index contributed by atoms with van der Waals surface area (Å²) >= 11 is 0. The molecule has 0 aromatic heterocycles. The SMILES string of the molecule is COc1cc(C(/C=C/C(C)(C)O)OC(=O)CC(C)(C)OC(C)=O)c(O)c2c1C(=O)C=CC2=O. The average molecular weight is 460 g/mol. The lowest BCUT2D eigenvalue weighted by atomic mass is 9.89. The molecule has 1 aromatic carbocycles. The quantitative estimate of drug-likeness (QED) is 0.443. The first-order valence-corrected chi connectivity index (χ1v) is 10.2. The largest absolute Gasteiger partial charge is 0.507 e. The molecule has 0 fully saturated rings. The van der Waals surface area contributed by atoms with Gasteiger partial charge in [-0.15, -0.1) is 0 Å². The van der Waals surface area contributed by atoms with Crippen molar-refractivity contribution in [1.82, 2.24) is 0 Å². The number of benzene rings is 1. The number of carbonyl (C=O) groups excluding carboxylic acids is 4. The van der Waals surface area contributed by atoms with Gasteiger partial charge in [-0.1, -0.05) is 6.08 Å². The highest BCUT2D eigenvalue weighted by Gasteiger charge is 2.33. The molecular formula is C24H28O9. The summed E-state index contributed by atoms with van der Waals surface area (Å²) in [5.74, 6) is -3.02. The lowest BCUT2D eigenvalue weighted by Gasteiger charge is -2.26. The van der Waals surface area contributed by atoms with Crippen LogP contribution in [-0.2, 0) is 19.1 Å². The first-order valence-electron chi connectivity index (χ1n) is 10.2. The van der Waals surface area contributed by atoms with Gasteiger partial charge < -0.3 is 24.4 Å². The fraction of sp³-hybridized carbons (Fsp3) is 0.417. The third-order valence-electron chi connectivity index (χ3n) is 4.63. The van der Waals surface area contributed by atoms with E-state index in [1.54, 1.807) is 0 Å². The van der Waals surface area contributed by atoms with Gasteiger partial charge in [0.15, 0.2) is 11.6 Å². The van der Waals surface area contributed by atoms with Gasteiger partial charge in [0.2, 0.25) is 0 Å². The predicted molar refractivity (Wildman–Crippen MR) is 117 cm³/mol. The second-order valence-electron chi connectivity index (χ2n) is 8.78. The minimum Gasteiger partial charge on any atom is -0.507 e. The zero-order chi connectivity index (χ0) is 25.1. The molecule has 0 radical (unpaired) electrons. The Morgan fingerprint density at radius 2 is 1.67 bits per heavy atom. The third kappa shape index (κ3) is 6.52. The van der Waals surface area contributed by atoms with Gasteiger partial charge in [0.1, 0.15) is 23.2 Å². The van der Waals surface area contributed by atoms with Crippen LogP contribution < -0.4 is 4.74 Å². The number of aromatic hydroxyl groups is 1. The number of rotatable bonds is 8. The lowest BCUT2D eigenvalue weighted by molar-refractivity contribution is -0.162. The Balaban J connectivity index is 2.55. The first-order chi connectivity index (χ1) is 15.1. The molecule has 2 N–H and O–H groups in total. The summed E-state index contributed by atoms with van der Waals surface area (Å²) < 4.78 is 15.9. The van der Waals surface area contributed by atoms with Crippen molar-refractivity contribution in [2.75, 3.05) is 7.11 Å². The molecule has 9 nitrogen and oxygen atoms in total. The number of methoxy groups -OCH3 is 1. The van der Waals surface area contributed by atoms with Gasteiger partial charge in [-0.25, -0.2) is 0 Å². The average Bonchev–Trinajstić information content (AvgIpc) is 2.65. The van der Waals surface area contributed by atoms with E-state index in [0.717, 1.165) is 12.2 Å². The molecule has 178 valence electrons. The molecule has 0 bridgehead atoms. The van der Waals surface area contributed by atoms with Gasteiger partial charge in [-0.3, -0.25) is 19.2 Å². The number of phenols is 1. The Bertz CT molecular complexity index is 1040. The summed E-state index contributed by atoms with van der Waals surface area (Å²) in [6.45, 7) is 7.27. The Morgan fingerprint density at radius 3 is 2.18 bits per heavy atom. The number of fused-ring (bicyclic) bond motifs is 1. The van der Waals surface area contributed by atoms with Gasteiger partial charge in [0, 0.05) is 12.5 Å². The number of hydrogen-bond donors (Lipinski definition) is 2. The van der Waals surface area contributed by atoms with Crippen molar-refractivity contribution in [3.05, 3.63) is 47.1 Å². The van der Waals surface area contributed by atoms with Crippen LogP contribution in [0.5, 0.6) is 11.5 Å². The number of carbonyl (C=O) groups is 4. The van der Waals surface area contributed by atoms with Gasteiger partial charge in [-0.05, 0) is 52.0 Å². The number of allylic oxidation sites excluding steroid dienone is 2. The summed E-state index contributed by atoms with van der Waals surface area (Å²) in [5, 5.41) is 21.0. The van der Waals surface area contributed by atoms with Gasteiger partial charge in [0.05, 0.1) is 30.3 Å². The molecule has 1 aliphatic rings. The number of ketones is 2. The Hall–Kier alpha value is -3.46. The van der Waals surface area contributed by atoms with Crippen molar-refractivity contribution in [2.24, 2.45) is 0 Å². The van der Waals surface area contributed by atoms with E-state index in [2.05, 4.69) is 0 Å². The van der Waals surface area contributed by atoms with E-state index in [1.807, 2.05) is 0 Å². The maximum Gasteiger partial charge on any atom is 0.310 e. The van der Waals surface area contributed by atoms with Crippen LogP contribution in [0.1, 0.15) is 73.4 Å². The van der Waals surface area contributed by atoms with Crippen molar-refractivity contribution in [2.45, 2.75) is 58.3 Å². The van der Waals surface area contributed by atoms with Crippen LogP contribution in [0.2, 0.25) is 0 Å². The maximum atomic E-state index is 12.7. The molecule has 0 saturated carbocycles. The van der Waals surface area contributed by atoms with Crippen LogP contribution in [0.4, 0.5) is 0 Å². The summed E-state index contributed by atoms with van der Waals surface area (Å²) in [6, 6.07) is 1.29. The normalized spacial score (nSPS) is 14.8. The smallest absolute Gasteiger partial charge is 0.310 e. The van der Waals surface area contributed by atoms with Crippen molar-refractivity contribution in [1.29, 1.82) is 0 Å². The maximum absolute atomic E-state index is 12.7. The standard InChI is InChI=1S/C24H28O9/c1-13(25)33-24(4,5)12-19(28)32-17(9-10-23(2,3)30)14-11-18(31-6)20-15(26)7-8-16(27)21(20)22(14)29/h7-11,17,29-30H,12H2,1-6H3/b10-9+. The highest BCUT2D eigenvalue weighted by molar-refractivity contribution is 6.24. The number of phenolic OH excluding ortho intramolecular Hbond substituents is 1. The van der Waals surface area contributed by atoms with Crippen molar-refractivity contribution in [3.63, 3.8) is 0 Å². The van der Waals surface area contributed by atoms with E-state index in [4.69, 9.17) is 14.2 Å².